The van der Waals surface area contributed by atoms with Crippen LogP contribution in [0, 0.1) is 6.92 Å². The van der Waals surface area contributed by atoms with Crippen molar-refractivity contribution in [3.63, 3.8) is 0 Å². The third-order valence-corrected chi connectivity index (χ3v) is 5.54. The van der Waals surface area contributed by atoms with Crippen LogP contribution in [0.1, 0.15) is 32.0 Å². The first-order chi connectivity index (χ1) is 15.3. The molecule has 1 aromatic heterocycles. The van der Waals surface area contributed by atoms with Crippen LogP contribution in [0.25, 0.3) is 11.0 Å². The third kappa shape index (κ3) is 6.43. The zero-order chi connectivity index (χ0) is 22.7. The Hall–Kier alpha value is -2.22. The van der Waals surface area contributed by atoms with Crippen molar-refractivity contribution in [2.24, 2.45) is 0 Å². The van der Waals surface area contributed by atoms with Crippen LogP contribution < -0.4 is 15.5 Å². The van der Waals surface area contributed by atoms with E-state index in [1.54, 1.807) is 4.68 Å². The number of anilines is 3. The van der Waals surface area contributed by atoms with Crippen LogP contribution in [-0.4, -0.2) is 42.0 Å². The number of piperazine rings is 1. The maximum atomic E-state index is 12.8. The number of aromatic nitrogens is 2. The zero-order valence-electron chi connectivity index (χ0n) is 19.8. The van der Waals surface area contributed by atoms with Crippen molar-refractivity contribution in [3.05, 3.63) is 71.2 Å². The fraction of sp³-hybridized carbons (Fsp3) is 0.360. The average Bonchev–Trinajstić information content (AvgIpc) is 3.19. The molecule has 1 saturated heterocycles. The minimum absolute atomic E-state index is 0. The smallest absolute Gasteiger partial charge is 0.324 e. The van der Waals surface area contributed by atoms with Gasteiger partial charge in [0.1, 0.15) is 5.82 Å². The minimum Gasteiger partial charge on any atom is -0.659 e. The predicted molar refractivity (Wildman–Crippen MR) is 131 cm³/mol. The van der Waals surface area contributed by atoms with Crippen LogP contribution >= 0.6 is 0 Å². The molecular weight excluding hydrogens is 489 g/mol. The quantitative estimate of drug-likeness (QED) is 0.490. The van der Waals surface area contributed by atoms with Crippen LogP contribution in [0.15, 0.2) is 54.6 Å². The molecule has 2 aromatic carbocycles. The number of urea groups is 1. The summed E-state index contributed by atoms with van der Waals surface area (Å²) in [5, 5.41) is 15.0. The van der Waals surface area contributed by atoms with E-state index in [4.69, 9.17) is 5.10 Å². The summed E-state index contributed by atoms with van der Waals surface area (Å²) < 4.78 is 1.78. The second kappa shape index (κ2) is 10.8. The molecule has 0 saturated carbocycles. The molecule has 1 aliphatic rings. The van der Waals surface area contributed by atoms with Crippen molar-refractivity contribution in [2.75, 3.05) is 41.7 Å². The van der Waals surface area contributed by atoms with Crippen LogP contribution in [0.4, 0.5) is 22.0 Å². The number of hydrogen-bond acceptors (Lipinski definition) is 3. The summed E-state index contributed by atoms with van der Waals surface area (Å²) in [4.78, 5) is 15.1. The molecule has 2 heterocycles. The Morgan fingerprint density at radius 1 is 0.939 bits per heavy atom. The summed E-state index contributed by atoms with van der Waals surface area (Å²) in [6.07, 6.45) is 0. The van der Waals surface area contributed by atoms with Gasteiger partial charge >= 0.3 is 6.03 Å². The van der Waals surface area contributed by atoms with Crippen LogP contribution in [-0.2, 0) is 38.1 Å². The summed E-state index contributed by atoms with van der Waals surface area (Å²) in [7, 11) is 0. The normalized spacial score (nSPS) is 13.9. The summed E-state index contributed by atoms with van der Waals surface area (Å²) in [5.41, 5.74) is 4.74. The zero-order valence-corrected chi connectivity index (χ0v) is 22.6. The van der Waals surface area contributed by atoms with E-state index in [0.29, 0.717) is 5.82 Å². The number of carbonyl (C=O) groups is 1. The molecule has 0 unspecified atom stereocenters. The Balaban J connectivity index is 0.00000306. The molecule has 4 rings (SSSR count). The molecule has 3 aromatic rings. The second-order valence-corrected chi connectivity index (χ2v) is 9.20. The molecule has 8 heteroatoms. The molecule has 0 bridgehead atoms. The van der Waals surface area contributed by atoms with Crippen molar-refractivity contribution in [1.29, 1.82) is 0 Å². The molecule has 171 valence electrons. The summed E-state index contributed by atoms with van der Waals surface area (Å²) in [6, 6.07) is 17.6. The summed E-state index contributed by atoms with van der Waals surface area (Å²) >= 11 is 0. The number of amides is 2. The van der Waals surface area contributed by atoms with Gasteiger partial charge in [-0.25, -0.2) is 9.48 Å². The van der Waals surface area contributed by atoms with E-state index in [1.807, 2.05) is 61.5 Å². The number of hydrogen-bond donors (Lipinski definition) is 2. The second-order valence-electron chi connectivity index (χ2n) is 9.20. The molecule has 2 N–H and O–H groups in total. The largest absolute Gasteiger partial charge is 0.659 e. The van der Waals surface area contributed by atoms with E-state index in [1.165, 1.54) is 5.56 Å². The van der Waals surface area contributed by atoms with Gasteiger partial charge in [-0.3, -0.25) is 5.32 Å². The van der Waals surface area contributed by atoms with Gasteiger partial charge in [0.15, 0.2) is 0 Å². The van der Waals surface area contributed by atoms with Crippen LogP contribution in [0.5, 0.6) is 0 Å². The summed E-state index contributed by atoms with van der Waals surface area (Å²) in [5.74, 6) is 0.630. The van der Waals surface area contributed by atoms with Crippen molar-refractivity contribution < 1.29 is 37.5 Å². The third-order valence-electron chi connectivity index (χ3n) is 5.54. The first-order valence-electron chi connectivity index (χ1n) is 11.0. The molecule has 0 atom stereocenters. The monoisotopic (exact) mass is 520 g/mol. The van der Waals surface area contributed by atoms with Gasteiger partial charge in [0.2, 0.25) is 0 Å². The van der Waals surface area contributed by atoms with Gasteiger partial charge in [-0.15, -0.1) is 13.1 Å². The van der Waals surface area contributed by atoms with E-state index < -0.39 is 0 Å². The molecule has 2 amide bonds. The van der Waals surface area contributed by atoms with E-state index in [-0.39, 0.29) is 44.2 Å². The SMILES string of the molecule is Cc1ccc(-n2nc(C(C)(C)C)cc2NC(=O)Nc2ccc(N3CC[N-]CC3)cc2)cc1.[Y]. The number of benzene rings is 2. The van der Waals surface area contributed by atoms with Crippen LogP contribution in [0.3, 0.4) is 0 Å². The molecule has 0 spiro atoms. The van der Waals surface area contributed by atoms with Crippen molar-refractivity contribution in [3.8, 4) is 5.69 Å². The standard InChI is InChI=1S/C25H31N6O.Y/c1-18-5-9-21(10-6-18)31-23(17-22(29-31)25(2,3)4)28-24(32)27-19-7-11-20(12-8-19)30-15-13-26-14-16-30;/h5-12,17H,13-16H2,1-4H3,(H2,27,28,32);/q-1;. The van der Waals surface area contributed by atoms with Gasteiger partial charge in [-0.05, 0) is 56.4 Å². The number of carbonyl (C=O) groups excluding carboxylic acids is 1. The van der Waals surface area contributed by atoms with Gasteiger partial charge in [0.05, 0.1) is 11.4 Å². The maximum absolute atomic E-state index is 12.8. The van der Waals surface area contributed by atoms with Gasteiger partial charge in [-0.2, -0.15) is 5.10 Å². The molecule has 1 aliphatic heterocycles. The van der Waals surface area contributed by atoms with Gasteiger partial charge in [0.25, 0.3) is 0 Å². The fourth-order valence-corrected chi connectivity index (χ4v) is 3.62. The van der Waals surface area contributed by atoms with Gasteiger partial charge < -0.3 is 15.5 Å². The predicted octanol–water partition coefficient (Wildman–Crippen LogP) is 5.31. The van der Waals surface area contributed by atoms with Crippen molar-refractivity contribution in [2.45, 2.75) is 33.1 Å². The Labute approximate surface area is 221 Å². The minimum atomic E-state index is -0.303. The number of nitrogens with one attached hydrogen (secondary N) is 2. The average molecular weight is 520 g/mol. The first-order valence-corrected chi connectivity index (χ1v) is 11.0. The molecular formula is C25H31N6OY-. The molecule has 0 aliphatic carbocycles. The molecule has 1 radical (unpaired) electrons. The number of rotatable bonds is 4. The Morgan fingerprint density at radius 2 is 1.55 bits per heavy atom. The number of nitrogens with zero attached hydrogens (tertiary/aromatic N) is 4. The van der Waals surface area contributed by atoms with Crippen LogP contribution in [0.2, 0.25) is 0 Å². The molecule has 33 heavy (non-hydrogen) atoms. The number of aryl methyl sites for hydroxylation is 1. The fourth-order valence-electron chi connectivity index (χ4n) is 3.62. The Morgan fingerprint density at radius 3 is 2.15 bits per heavy atom. The van der Waals surface area contributed by atoms with E-state index in [0.717, 1.165) is 48.9 Å². The first kappa shape index (κ1) is 25.4. The van der Waals surface area contributed by atoms with E-state index in [2.05, 4.69) is 41.6 Å². The van der Waals surface area contributed by atoms with E-state index >= 15 is 0 Å². The topological polar surface area (TPSA) is 76.3 Å². The van der Waals surface area contributed by atoms with Crippen molar-refractivity contribution >= 4 is 23.2 Å². The molecule has 1 fully saturated rings. The van der Waals surface area contributed by atoms with E-state index in [9.17, 15) is 4.79 Å². The summed E-state index contributed by atoms with van der Waals surface area (Å²) in [6.45, 7) is 12.0. The molecule has 7 nitrogen and oxygen atoms in total. The van der Waals surface area contributed by atoms with Gasteiger partial charge in [0, 0.05) is 55.6 Å². The Kier molecular flexibility index (Phi) is 8.32. The van der Waals surface area contributed by atoms with Gasteiger partial charge in [-0.1, -0.05) is 38.5 Å². The maximum Gasteiger partial charge on any atom is 0.324 e. The Bertz CT molecular complexity index is 1060. The van der Waals surface area contributed by atoms with Crippen molar-refractivity contribution in [1.82, 2.24) is 9.78 Å².